The smallest absolute Gasteiger partial charge is 0.273 e. The Morgan fingerprint density at radius 2 is 2.04 bits per heavy atom. The minimum absolute atomic E-state index is 0.0584. The molecule has 1 aromatic heterocycles. The van der Waals surface area contributed by atoms with Crippen molar-refractivity contribution in [1.29, 1.82) is 0 Å². The van der Waals surface area contributed by atoms with Gasteiger partial charge in [0.1, 0.15) is 10.0 Å². The van der Waals surface area contributed by atoms with Gasteiger partial charge in [-0.25, -0.2) is 4.98 Å². The van der Waals surface area contributed by atoms with Crippen molar-refractivity contribution in [1.82, 2.24) is 14.8 Å². The fraction of sp³-hybridized carbons (Fsp3) is 0.500. The third-order valence-corrected chi connectivity index (χ3v) is 7.58. The quantitative estimate of drug-likeness (QED) is 0.752. The molecule has 1 aromatic carbocycles. The van der Waals surface area contributed by atoms with Gasteiger partial charge in [-0.3, -0.25) is 9.69 Å². The molecule has 1 fully saturated rings. The summed E-state index contributed by atoms with van der Waals surface area (Å²) >= 11 is 3.14. The molecule has 1 atom stereocenters. The molecule has 2 heterocycles. The molecule has 1 aliphatic carbocycles. The minimum Gasteiger partial charge on any atom is -0.336 e. The number of nitrogens with zero attached hydrogens (tertiary/aromatic N) is 3. The van der Waals surface area contributed by atoms with Crippen molar-refractivity contribution in [2.75, 3.05) is 26.4 Å². The van der Waals surface area contributed by atoms with Crippen LogP contribution in [0.15, 0.2) is 34.0 Å². The molecule has 4 nitrogen and oxygen atoms in total. The summed E-state index contributed by atoms with van der Waals surface area (Å²) in [6.07, 6.45) is 6.52. The molecule has 0 bridgehead atoms. The number of likely N-dealkylation sites (tertiary alicyclic amines) is 1. The highest BCUT2D eigenvalue weighted by atomic mass is 32.2. The summed E-state index contributed by atoms with van der Waals surface area (Å²) in [6.45, 7) is 2.12. The van der Waals surface area contributed by atoms with E-state index in [2.05, 4.69) is 34.1 Å². The number of likely N-dealkylation sites (N-methyl/N-ethyl adjacent to an activating group) is 1. The van der Waals surface area contributed by atoms with Crippen molar-refractivity contribution >= 4 is 29.0 Å². The number of hydrogen-bond donors (Lipinski definition) is 0. The van der Waals surface area contributed by atoms with Crippen LogP contribution in [0.4, 0.5) is 0 Å². The Kier molecular flexibility index (Phi) is 5.34. The van der Waals surface area contributed by atoms with Crippen LogP contribution in [0.2, 0.25) is 0 Å². The topological polar surface area (TPSA) is 36.4 Å². The van der Waals surface area contributed by atoms with E-state index < -0.39 is 0 Å². The molecule has 2 aliphatic rings. The molecule has 26 heavy (non-hydrogen) atoms. The van der Waals surface area contributed by atoms with E-state index in [1.807, 2.05) is 23.6 Å². The van der Waals surface area contributed by atoms with E-state index in [9.17, 15) is 4.79 Å². The summed E-state index contributed by atoms with van der Waals surface area (Å²) < 4.78 is 0.954. The van der Waals surface area contributed by atoms with Gasteiger partial charge in [0, 0.05) is 31.1 Å². The number of carbonyl (C=O) groups excluding carboxylic acids is 1. The Hall–Kier alpha value is -1.37. The van der Waals surface area contributed by atoms with Crippen LogP contribution in [0.25, 0.3) is 0 Å². The molecule has 138 valence electrons. The van der Waals surface area contributed by atoms with Gasteiger partial charge in [-0.15, -0.1) is 11.3 Å². The first-order valence-corrected chi connectivity index (χ1v) is 11.3. The largest absolute Gasteiger partial charge is 0.336 e. The predicted molar refractivity (Wildman–Crippen MR) is 108 cm³/mol. The van der Waals surface area contributed by atoms with Gasteiger partial charge < -0.3 is 4.90 Å². The first kappa shape index (κ1) is 18.0. The lowest BCUT2D eigenvalue weighted by molar-refractivity contribution is 0.0550. The third kappa shape index (κ3) is 3.55. The molecule has 1 aliphatic heterocycles. The molecule has 0 N–H and O–H groups in total. The van der Waals surface area contributed by atoms with Crippen LogP contribution in [0.3, 0.4) is 0 Å². The summed E-state index contributed by atoms with van der Waals surface area (Å²) in [7, 11) is 1.94. The zero-order chi connectivity index (χ0) is 18.1. The number of amides is 1. The zero-order valence-corrected chi connectivity index (χ0v) is 17.0. The predicted octanol–water partition coefficient (Wildman–Crippen LogP) is 3.57. The minimum atomic E-state index is 0.0584. The van der Waals surface area contributed by atoms with Crippen LogP contribution in [-0.4, -0.2) is 59.2 Å². The lowest BCUT2D eigenvalue weighted by Crippen LogP contribution is -2.51. The van der Waals surface area contributed by atoms with E-state index in [1.54, 1.807) is 23.1 Å². The average Bonchev–Trinajstić information content (AvgIpc) is 3.33. The van der Waals surface area contributed by atoms with Crippen molar-refractivity contribution in [3.63, 3.8) is 0 Å². The van der Waals surface area contributed by atoms with E-state index in [0.717, 1.165) is 43.1 Å². The number of fused-ring (bicyclic) bond motifs is 1. The first-order chi connectivity index (χ1) is 12.7. The Bertz CT molecular complexity index is 766. The second kappa shape index (κ2) is 7.71. The fourth-order valence-corrected chi connectivity index (χ4v) is 5.46. The fourth-order valence-electron chi connectivity index (χ4n) is 4.22. The van der Waals surface area contributed by atoms with E-state index >= 15 is 0 Å². The third-order valence-electron chi connectivity index (χ3n) is 5.72. The van der Waals surface area contributed by atoms with E-state index in [1.165, 1.54) is 11.1 Å². The summed E-state index contributed by atoms with van der Waals surface area (Å²) in [6, 6.07) is 9.67. The van der Waals surface area contributed by atoms with Crippen LogP contribution < -0.4 is 0 Å². The number of thiazole rings is 1. The monoisotopic (exact) mass is 387 g/mol. The lowest BCUT2D eigenvalue weighted by Gasteiger charge is -2.40. The number of carbonyl (C=O) groups is 1. The highest BCUT2D eigenvalue weighted by Crippen LogP contribution is 2.29. The lowest BCUT2D eigenvalue weighted by atomic mass is 10.0. The molecule has 0 unspecified atom stereocenters. The van der Waals surface area contributed by atoms with Crippen LogP contribution >= 0.6 is 23.1 Å². The maximum atomic E-state index is 12.8. The second-order valence-corrected chi connectivity index (χ2v) is 9.15. The van der Waals surface area contributed by atoms with Gasteiger partial charge >= 0.3 is 0 Å². The van der Waals surface area contributed by atoms with Gasteiger partial charge in [0.25, 0.3) is 5.91 Å². The number of piperidine rings is 1. The molecule has 2 aromatic rings. The highest BCUT2D eigenvalue weighted by molar-refractivity contribution is 8.00. The number of hydrogen-bond acceptors (Lipinski definition) is 5. The Labute approximate surface area is 163 Å². The molecule has 1 amide bonds. The molecule has 0 saturated carbocycles. The molecule has 1 saturated heterocycles. The van der Waals surface area contributed by atoms with E-state index in [4.69, 9.17) is 0 Å². The molecule has 4 rings (SSSR count). The van der Waals surface area contributed by atoms with Crippen molar-refractivity contribution in [2.45, 2.75) is 42.1 Å². The van der Waals surface area contributed by atoms with Gasteiger partial charge in [0.15, 0.2) is 0 Å². The van der Waals surface area contributed by atoms with Crippen molar-refractivity contribution in [3.8, 4) is 0 Å². The molecular weight excluding hydrogens is 362 g/mol. The molecule has 0 radical (unpaired) electrons. The van der Waals surface area contributed by atoms with Crippen molar-refractivity contribution < 1.29 is 4.79 Å². The summed E-state index contributed by atoms with van der Waals surface area (Å²) in [5.41, 5.74) is 3.58. The Morgan fingerprint density at radius 1 is 1.31 bits per heavy atom. The Morgan fingerprint density at radius 3 is 2.69 bits per heavy atom. The highest BCUT2D eigenvalue weighted by Gasteiger charge is 2.33. The van der Waals surface area contributed by atoms with Gasteiger partial charge in [-0.05, 0) is 49.6 Å². The number of aromatic nitrogens is 1. The van der Waals surface area contributed by atoms with E-state index in [0.29, 0.717) is 11.7 Å². The zero-order valence-electron chi connectivity index (χ0n) is 15.4. The van der Waals surface area contributed by atoms with Gasteiger partial charge in [0.2, 0.25) is 0 Å². The first-order valence-electron chi connectivity index (χ1n) is 9.23. The summed E-state index contributed by atoms with van der Waals surface area (Å²) in [5.74, 6) is 0.0584. The molecule has 6 heteroatoms. The second-order valence-electron chi connectivity index (χ2n) is 7.24. The van der Waals surface area contributed by atoms with Gasteiger partial charge in [-0.1, -0.05) is 36.0 Å². The van der Waals surface area contributed by atoms with Crippen LogP contribution in [0.1, 0.15) is 34.5 Å². The molecular formula is C20H25N3OS2. The summed E-state index contributed by atoms with van der Waals surface area (Å²) in [4.78, 5) is 21.8. The van der Waals surface area contributed by atoms with Crippen molar-refractivity contribution in [2.24, 2.45) is 0 Å². The average molecular weight is 388 g/mol. The summed E-state index contributed by atoms with van der Waals surface area (Å²) in [5, 5.41) is 1.89. The SMILES string of the molecule is CSc1nc(C(=O)N(C)[C@@H]2CCCN(C3Cc4ccccc4C3)C2)cs1. The number of rotatable bonds is 4. The van der Waals surface area contributed by atoms with Crippen LogP contribution in [0.5, 0.6) is 0 Å². The normalized spacial score (nSPS) is 20.9. The number of benzene rings is 1. The van der Waals surface area contributed by atoms with Gasteiger partial charge in [-0.2, -0.15) is 0 Å². The Balaban J connectivity index is 1.41. The maximum absolute atomic E-state index is 12.8. The standard InChI is InChI=1S/C20H25N3OS2/c1-22(19(24)18-13-26-20(21-18)25-2)16-8-5-9-23(12-16)17-10-14-6-3-4-7-15(14)11-17/h3-4,6-7,13,16-17H,5,8-12H2,1-2H3/t16-/m1/s1. The van der Waals surface area contributed by atoms with Crippen molar-refractivity contribution in [3.05, 3.63) is 46.5 Å². The van der Waals surface area contributed by atoms with Crippen LogP contribution in [0, 0.1) is 0 Å². The molecule has 0 spiro atoms. The van der Waals surface area contributed by atoms with Crippen LogP contribution in [-0.2, 0) is 12.8 Å². The van der Waals surface area contributed by atoms with Gasteiger partial charge in [0.05, 0.1) is 0 Å². The maximum Gasteiger partial charge on any atom is 0.273 e. The van der Waals surface area contributed by atoms with E-state index in [-0.39, 0.29) is 11.9 Å². The number of thioether (sulfide) groups is 1.